The standard InChI is InChI=1S/C24H18N2O5/c1-15-7-2-5-12-20(15)25-21(27)14-31-24(30)16-8-6-9-17(13-16)26-22(28)18-10-3-4-11-19(18)23(26)29/h2-13H,14H2,1H3,(H,25,27). The molecule has 7 heteroatoms. The van der Waals surface area contributed by atoms with Gasteiger partial charge in [-0.1, -0.05) is 36.4 Å². The fourth-order valence-electron chi connectivity index (χ4n) is 3.31. The summed E-state index contributed by atoms with van der Waals surface area (Å²) in [6, 6.07) is 19.8. The number of amides is 3. The van der Waals surface area contributed by atoms with Crippen LogP contribution in [0.3, 0.4) is 0 Å². The van der Waals surface area contributed by atoms with Gasteiger partial charge in [0.15, 0.2) is 6.61 Å². The molecule has 0 aromatic heterocycles. The van der Waals surface area contributed by atoms with Gasteiger partial charge in [0, 0.05) is 5.69 Å². The number of carbonyl (C=O) groups is 4. The highest BCUT2D eigenvalue weighted by Crippen LogP contribution is 2.28. The van der Waals surface area contributed by atoms with E-state index in [0.29, 0.717) is 16.8 Å². The summed E-state index contributed by atoms with van der Waals surface area (Å²) in [7, 11) is 0. The van der Waals surface area contributed by atoms with Crippen molar-refractivity contribution >= 4 is 35.1 Å². The van der Waals surface area contributed by atoms with E-state index >= 15 is 0 Å². The maximum atomic E-state index is 12.6. The van der Waals surface area contributed by atoms with Gasteiger partial charge in [-0.25, -0.2) is 9.69 Å². The molecule has 0 saturated carbocycles. The monoisotopic (exact) mass is 414 g/mol. The maximum Gasteiger partial charge on any atom is 0.338 e. The third-order valence-electron chi connectivity index (χ3n) is 4.89. The van der Waals surface area contributed by atoms with E-state index in [-0.39, 0.29) is 11.3 Å². The van der Waals surface area contributed by atoms with Gasteiger partial charge >= 0.3 is 5.97 Å². The lowest BCUT2D eigenvalue weighted by molar-refractivity contribution is -0.119. The average Bonchev–Trinajstić information content (AvgIpc) is 3.04. The molecule has 1 N–H and O–H groups in total. The Bertz CT molecular complexity index is 1180. The first-order valence-electron chi connectivity index (χ1n) is 9.56. The molecule has 0 unspecified atom stereocenters. The Morgan fingerprint density at radius 3 is 2.19 bits per heavy atom. The molecule has 0 spiro atoms. The second kappa shape index (κ2) is 8.23. The van der Waals surface area contributed by atoms with Crippen molar-refractivity contribution in [1.82, 2.24) is 0 Å². The van der Waals surface area contributed by atoms with Crippen LogP contribution in [0.5, 0.6) is 0 Å². The fourth-order valence-corrected chi connectivity index (χ4v) is 3.31. The molecule has 3 amide bonds. The molecule has 0 saturated heterocycles. The van der Waals surface area contributed by atoms with Crippen LogP contribution in [-0.4, -0.2) is 30.3 Å². The van der Waals surface area contributed by atoms with Crippen LogP contribution in [0.1, 0.15) is 36.6 Å². The zero-order chi connectivity index (χ0) is 22.0. The lowest BCUT2D eigenvalue weighted by Crippen LogP contribution is -2.29. The summed E-state index contributed by atoms with van der Waals surface area (Å²) in [5.74, 6) is -2.12. The van der Waals surface area contributed by atoms with E-state index < -0.39 is 30.3 Å². The number of hydrogen-bond donors (Lipinski definition) is 1. The van der Waals surface area contributed by atoms with Gasteiger partial charge in [0.25, 0.3) is 17.7 Å². The Balaban J connectivity index is 1.44. The van der Waals surface area contributed by atoms with Crippen molar-refractivity contribution in [1.29, 1.82) is 0 Å². The highest BCUT2D eigenvalue weighted by Gasteiger charge is 2.36. The van der Waals surface area contributed by atoms with Gasteiger partial charge in [0.1, 0.15) is 0 Å². The number of fused-ring (bicyclic) bond motifs is 1. The summed E-state index contributed by atoms with van der Waals surface area (Å²) in [6.45, 7) is 1.39. The molecule has 7 nitrogen and oxygen atoms in total. The molecule has 3 aromatic carbocycles. The number of esters is 1. The van der Waals surface area contributed by atoms with Crippen molar-refractivity contribution < 1.29 is 23.9 Å². The number of aryl methyl sites for hydroxylation is 1. The number of carbonyl (C=O) groups excluding carboxylic acids is 4. The Morgan fingerprint density at radius 1 is 0.871 bits per heavy atom. The smallest absolute Gasteiger partial charge is 0.338 e. The molecule has 0 radical (unpaired) electrons. The lowest BCUT2D eigenvalue weighted by atomic mass is 10.1. The number of nitrogens with zero attached hydrogens (tertiary/aromatic N) is 1. The molecular formula is C24H18N2O5. The first-order valence-corrected chi connectivity index (χ1v) is 9.56. The van der Waals surface area contributed by atoms with Crippen LogP contribution in [0.2, 0.25) is 0 Å². The van der Waals surface area contributed by atoms with Gasteiger partial charge in [0.05, 0.1) is 22.4 Å². The molecule has 3 aromatic rings. The number of hydrogen-bond acceptors (Lipinski definition) is 5. The largest absolute Gasteiger partial charge is 0.452 e. The summed E-state index contributed by atoms with van der Waals surface area (Å²) in [6.07, 6.45) is 0. The minimum absolute atomic E-state index is 0.123. The zero-order valence-electron chi connectivity index (χ0n) is 16.6. The third-order valence-corrected chi connectivity index (χ3v) is 4.89. The van der Waals surface area contributed by atoms with Crippen molar-refractivity contribution in [2.24, 2.45) is 0 Å². The second-order valence-corrected chi connectivity index (χ2v) is 6.98. The van der Waals surface area contributed by atoms with Crippen molar-refractivity contribution in [2.45, 2.75) is 6.92 Å². The van der Waals surface area contributed by atoms with Crippen molar-refractivity contribution in [2.75, 3.05) is 16.8 Å². The Kier molecular flexibility index (Phi) is 5.32. The van der Waals surface area contributed by atoms with Crippen LogP contribution in [-0.2, 0) is 9.53 Å². The Hall–Kier alpha value is -4.26. The van der Waals surface area contributed by atoms with Crippen LogP contribution in [0.25, 0.3) is 0 Å². The average molecular weight is 414 g/mol. The van der Waals surface area contributed by atoms with Gasteiger partial charge in [-0.05, 0) is 48.9 Å². The molecule has 1 aliphatic heterocycles. The molecular weight excluding hydrogens is 396 g/mol. The molecule has 0 atom stereocenters. The minimum atomic E-state index is -0.738. The molecule has 0 fully saturated rings. The van der Waals surface area contributed by atoms with Crippen LogP contribution in [0.4, 0.5) is 11.4 Å². The molecule has 154 valence electrons. The summed E-state index contributed by atoms with van der Waals surface area (Å²) in [5, 5.41) is 2.68. The number of rotatable bonds is 5. The van der Waals surface area contributed by atoms with E-state index in [2.05, 4.69) is 5.32 Å². The minimum Gasteiger partial charge on any atom is -0.452 e. The SMILES string of the molecule is Cc1ccccc1NC(=O)COC(=O)c1cccc(N2C(=O)c3ccccc3C2=O)c1. The third kappa shape index (κ3) is 3.93. The number of nitrogens with one attached hydrogen (secondary N) is 1. The number of benzene rings is 3. The summed E-state index contributed by atoms with van der Waals surface area (Å²) < 4.78 is 5.10. The quantitative estimate of drug-likeness (QED) is 0.509. The predicted molar refractivity (Wildman–Crippen MR) is 114 cm³/mol. The first-order chi connectivity index (χ1) is 15.0. The van der Waals surface area contributed by atoms with E-state index in [1.807, 2.05) is 19.1 Å². The lowest BCUT2D eigenvalue weighted by Gasteiger charge is -2.15. The summed E-state index contributed by atoms with van der Waals surface area (Å²) in [5.41, 5.74) is 2.52. The van der Waals surface area contributed by atoms with Crippen LogP contribution in [0.15, 0.2) is 72.8 Å². The Morgan fingerprint density at radius 2 is 1.52 bits per heavy atom. The van der Waals surface area contributed by atoms with Crippen LogP contribution >= 0.6 is 0 Å². The highest BCUT2D eigenvalue weighted by molar-refractivity contribution is 6.34. The van der Waals surface area contributed by atoms with Crippen molar-refractivity contribution in [3.05, 3.63) is 95.1 Å². The summed E-state index contributed by atoms with van der Waals surface area (Å²) in [4.78, 5) is 50.8. The van der Waals surface area contributed by atoms with E-state index in [0.717, 1.165) is 10.5 Å². The van der Waals surface area contributed by atoms with Gasteiger partial charge in [0.2, 0.25) is 0 Å². The van der Waals surface area contributed by atoms with Crippen molar-refractivity contribution in [3.63, 3.8) is 0 Å². The zero-order valence-corrected chi connectivity index (χ0v) is 16.6. The van der Waals surface area contributed by atoms with E-state index in [1.165, 1.54) is 12.1 Å². The molecule has 31 heavy (non-hydrogen) atoms. The highest BCUT2D eigenvalue weighted by atomic mass is 16.5. The van der Waals surface area contributed by atoms with Gasteiger partial charge in [-0.2, -0.15) is 0 Å². The van der Waals surface area contributed by atoms with Crippen molar-refractivity contribution in [3.8, 4) is 0 Å². The number of para-hydroxylation sites is 1. The topological polar surface area (TPSA) is 92.8 Å². The molecule has 0 aliphatic carbocycles. The Labute approximate surface area is 178 Å². The van der Waals surface area contributed by atoms with Gasteiger partial charge in [-0.15, -0.1) is 0 Å². The van der Waals surface area contributed by atoms with E-state index in [9.17, 15) is 19.2 Å². The molecule has 1 heterocycles. The molecule has 1 aliphatic rings. The first kappa shape index (κ1) is 20.0. The van der Waals surface area contributed by atoms with Gasteiger partial charge in [-0.3, -0.25) is 14.4 Å². The number of ether oxygens (including phenoxy) is 1. The normalized spacial score (nSPS) is 12.5. The van der Waals surface area contributed by atoms with Crippen LogP contribution in [0, 0.1) is 6.92 Å². The maximum absolute atomic E-state index is 12.6. The predicted octanol–water partition coefficient (Wildman–Crippen LogP) is 3.59. The van der Waals surface area contributed by atoms with Crippen LogP contribution < -0.4 is 10.2 Å². The van der Waals surface area contributed by atoms with E-state index in [1.54, 1.807) is 48.5 Å². The number of imide groups is 1. The second-order valence-electron chi connectivity index (χ2n) is 6.98. The van der Waals surface area contributed by atoms with E-state index in [4.69, 9.17) is 4.74 Å². The van der Waals surface area contributed by atoms with Gasteiger partial charge < -0.3 is 10.1 Å². The molecule has 4 rings (SSSR count). The fraction of sp³-hybridized carbons (Fsp3) is 0.0833. The number of anilines is 2. The summed E-state index contributed by atoms with van der Waals surface area (Å²) >= 11 is 0. The molecule has 0 bridgehead atoms.